The van der Waals surface area contributed by atoms with Gasteiger partial charge in [0.25, 0.3) is 0 Å². The molecule has 0 spiro atoms. The van der Waals surface area contributed by atoms with Crippen LogP contribution in [-0.2, 0) is 0 Å². The molecule has 0 heteroatoms. The van der Waals surface area contributed by atoms with Gasteiger partial charge in [-0.1, -0.05) is 44.9 Å². The molecule has 0 heterocycles. The maximum atomic E-state index is 5.83. The highest BCUT2D eigenvalue weighted by atomic mass is 14.4. The van der Waals surface area contributed by atoms with Crippen molar-refractivity contribution in [2.24, 2.45) is 11.3 Å². The Balaban J connectivity index is 2.03. The van der Waals surface area contributed by atoms with Gasteiger partial charge in [0, 0.05) is 5.41 Å². The minimum Gasteiger partial charge on any atom is -0.119 e. The summed E-state index contributed by atoms with van der Waals surface area (Å²) in [5.41, 5.74) is 0.221. The number of hydrogen-bond donors (Lipinski definition) is 0. The van der Waals surface area contributed by atoms with Crippen molar-refractivity contribution < 1.29 is 0 Å². The Morgan fingerprint density at radius 3 is 2.27 bits per heavy atom. The lowest BCUT2D eigenvalue weighted by Gasteiger charge is -2.42. The molecule has 0 unspecified atom stereocenters. The summed E-state index contributed by atoms with van der Waals surface area (Å²) in [6, 6.07) is 0. The minimum atomic E-state index is 0.221. The molecular formula is C15H23. The first kappa shape index (κ1) is 11.1. The molecule has 0 atom stereocenters. The predicted molar refractivity (Wildman–Crippen MR) is 65.2 cm³/mol. The van der Waals surface area contributed by atoms with Crippen molar-refractivity contribution in [3.8, 4) is 12.3 Å². The fourth-order valence-electron chi connectivity index (χ4n) is 3.34. The lowest BCUT2D eigenvalue weighted by molar-refractivity contribution is 0.232. The van der Waals surface area contributed by atoms with Gasteiger partial charge in [-0.15, -0.1) is 6.42 Å². The minimum absolute atomic E-state index is 0.221. The zero-order chi connectivity index (χ0) is 10.7. The monoisotopic (exact) mass is 203 g/mol. The second-order valence-electron chi connectivity index (χ2n) is 5.57. The van der Waals surface area contributed by atoms with Crippen LogP contribution in [0.3, 0.4) is 0 Å². The third-order valence-corrected chi connectivity index (χ3v) is 4.54. The van der Waals surface area contributed by atoms with Crippen LogP contribution in [0.25, 0.3) is 0 Å². The molecule has 0 aromatic heterocycles. The van der Waals surface area contributed by atoms with Crippen LogP contribution >= 0.6 is 0 Å². The summed E-state index contributed by atoms with van der Waals surface area (Å²) >= 11 is 0. The van der Waals surface area contributed by atoms with Crippen LogP contribution in [0.4, 0.5) is 0 Å². The van der Waals surface area contributed by atoms with Gasteiger partial charge in [-0.2, -0.15) is 0 Å². The van der Waals surface area contributed by atoms with Gasteiger partial charge >= 0.3 is 0 Å². The molecule has 1 radical (unpaired) electrons. The summed E-state index contributed by atoms with van der Waals surface area (Å²) in [7, 11) is 0. The Hall–Kier alpha value is -0.440. The molecule has 2 saturated carbocycles. The summed E-state index contributed by atoms with van der Waals surface area (Å²) in [5.74, 6) is 5.81. The highest BCUT2D eigenvalue weighted by molar-refractivity contribution is 5.22. The zero-order valence-corrected chi connectivity index (χ0v) is 10.0. The molecule has 15 heavy (non-hydrogen) atoms. The molecule has 0 amide bonds. The van der Waals surface area contributed by atoms with Crippen LogP contribution in [0.2, 0.25) is 0 Å². The van der Waals surface area contributed by atoms with E-state index in [2.05, 4.69) is 12.8 Å². The maximum absolute atomic E-state index is 5.83. The van der Waals surface area contributed by atoms with Crippen molar-refractivity contribution in [2.75, 3.05) is 0 Å². The Morgan fingerprint density at radius 1 is 1.13 bits per heavy atom. The SMILES string of the molecule is C#CC1([C]2CCC(C)CC2)CCCCC1. The lowest BCUT2D eigenvalue weighted by Crippen LogP contribution is -2.32. The van der Waals surface area contributed by atoms with E-state index >= 15 is 0 Å². The van der Waals surface area contributed by atoms with Gasteiger partial charge in [0.1, 0.15) is 0 Å². The Kier molecular flexibility index (Phi) is 3.39. The lowest BCUT2D eigenvalue weighted by atomic mass is 9.61. The van der Waals surface area contributed by atoms with Gasteiger partial charge in [-0.25, -0.2) is 0 Å². The van der Waals surface area contributed by atoms with Crippen LogP contribution in [0.1, 0.15) is 64.7 Å². The summed E-state index contributed by atoms with van der Waals surface area (Å²) < 4.78 is 0. The molecule has 0 nitrogen and oxygen atoms in total. The van der Waals surface area contributed by atoms with Crippen LogP contribution in [0, 0.1) is 29.6 Å². The van der Waals surface area contributed by atoms with E-state index in [-0.39, 0.29) is 5.41 Å². The van der Waals surface area contributed by atoms with Gasteiger partial charge in [-0.05, 0) is 37.5 Å². The predicted octanol–water partition coefficient (Wildman–Crippen LogP) is 4.35. The third-order valence-electron chi connectivity index (χ3n) is 4.54. The van der Waals surface area contributed by atoms with E-state index in [4.69, 9.17) is 6.42 Å². The fraction of sp³-hybridized carbons (Fsp3) is 0.800. The molecule has 83 valence electrons. The first-order chi connectivity index (χ1) is 7.27. The Bertz CT molecular complexity index is 231. The third kappa shape index (κ3) is 2.22. The molecule has 0 aliphatic heterocycles. The van der Waals surface area contributed by atoms with E-state index in [9.17, 15) is 0 Å². The summed E-state index contributed by atoms with van der Waals surface area (Å²) in [5, 5.41) is 0. The van der Waals surface area contributed by atoms with Gasteiger partial charge in [0.05, 0.1) is 0 Å². The van der Waals surface area contributed by atoms with Crippen molar-refractivity contribution in [3.05, 3.63) is 5.92 Å². The van der Waals surface area contributed by atoms with Crippen LogP contribution in [0.15, 0.2) is 0 Å². The smallest absolute Gasteiger partial charge is 0.0374 e. The van der Waals surface area contributed by atoms with E-state index in [0.717, 1.165) is 5.92 Å². The quantitative estimate of drug-likeness (QED) is 0.556. The standard InChI is InChI=1S/C15H23/c1-3-15(11-5-4-6-12-15)14-9-7-13(2)8-10-14/h1,13H,4-12H2,2H3. The van der Waals surface area contributed by atoms with E-state index in [0.29, 0.717) is 0 Å². The topological polar surface area (TPSA) is 0 Å². The Labute approximate surface area is 94.8 Å². The first-order valence-electron chi connectivity index (χ1n) is 6.60. The molecule has 2 aliphatic rings. The van der Waals surface area contributed by atoms with E-state index < -0.39 is 0 Å². The summed E-state index contributed by atoms with van der Waals surface area (Å²) in [6.45, 7) is 2.38. The van der Waals surface area contributed by atoms with Crippen LogP contribution < -0.4 is 0 Å². The van der Waals surface area contributed by atoms with Gasteiger partial charge < -0.3 is 0 Å². The average Bonchev–Trinajstić information content (AvgIpc) is 2.31. The molecule has 0 aromatic carbocycles. The average molecular weight is 203 g/mol. The first-order valence-corrected chi connectivity index (χ1v) is 6.60. The van der Waals surface area contributed by atoms with Gasteiger partial charge in [0.15, 0.2) is 0 Å². The molecule has 2 fully saturated rings. The number of hydrogen-bond acceptors (Lipinski definition) is 0. The van der Waals surface area contributed by atoms with Crippen LogP contribution in [-0.4, -0.2) is 0 Å². The van der Waals surface area contributed by atoms with Crippen molar-refractivity contribution in [3.63, 3.8) is 0 Å². The van der Waals surface area contributed by atoms with Crippen molar-refractivity contribution >= 4 is 0 Å². The van der Waals surface area contributed by atoms with Gasteiger partial charge in [-0.3, -0.25) is 0 Å². The molecular weight excluding hydrogens is 180 g/mol. The largest absolute Gasteiger partial charge is 0.119 e. The maximum Gasteiger partial charge on any atom is 0.0374 e. The van der Waals surface area contributed by atoms with E-state index in [1.54, 1.807) is 5.92 Å². The van der Waals surface area contributed by atoms with E-state index in [1.165, 1.54) is 57.8 Å². The second-order valence-corrected chi connectivity index (χ2v) is 5.57. The molecule has 0 N–H and O–H groups in total. The molecule has 2 rings (SSSR count). The zero-order valence-electron chi connectivity index (χ0n) is 10.0. The number of rotatable bonds is 1. The fourth-order valence-corrected chi connectivity index (χ4v) is 3.34. The van der Waals surface area contributed by atoms with E-state index in [1.807, 2.05) is 0 Å². The highest BCUT2D eigenvalue weighted by Gasteiger charge is 2.39. The molecule has 2 aliphatic carbocycles. The second kappa shape index (κ2) is 4.60. The van der Waals surface area contributed by atoms with Crippen molar-refractivity contribution in [2.45, 2.75) is 64.7 Å². The highest BCUT2D eigenvalue weighted by Crippen LogP contribution is 2.49. The molecule has 0 saturated heterocycles. The van der Waals surface area contributed by atoms with Gasteiger partial charge in [0.2, 0.25) is 0 Å². The van der Waals surface area contributed by atoms with Crippen LogP contribution in [0.5, 0.6) is 0 Å². The summed E-state index contributed by atoms with van der Waals surface area (Å²) in [4.78, 5) is 0. The normalized spacial score (nSPS) is 28.5. The summed E-state index contributed by atoms with van der Waals surface area (Å²) in [6.07, 6.45) is 17.8. The van der Waals surface area contributed by atoms with Crippen molar-refractivity contribution in [1.29, 1.82) is 0 Å². The number of terminal acetylenes is 1. The van der Waals surface area contributed by atoms with Crippen molar-refractivity contribution in [1.82, 2.24) is 0 Å². The molecule has 0 bridgehead atoms. The Morgan fingerprint density at radius 2 is 1.73 bits per heavy atom. The molecule has 0 aromatic rings.